The molecule has 0 aliphatic rings. The molecule has 0 radical (unpaired) electrons. The number of pyridine rings is 2. The van der Waals surface area contributed by atoms with E-state index >= 15 is 0 Å². The SMILES string of the molecule is Cc1cccc(NC(=S)N(Cc2cccnc2)Cc2cc3cc(C)ccc3[nH]c2=O)c1. The van der Waals surface area contributed by atoms with Gasteiger partial charge in [-0.25, -0.2) is 0 Å². The molecule has 0 aliphatic heterocycles. The predicted octanol–water partition coefficient (Wildman–Crippen LogP) is 4.94. The van der Waals surface area contributed by atoms with Crippen LogP contribution in [0.1, 0.15) is 22.3 Å². The molecule has 5 nitrogen and oxygen atoms in total. The lowest BCUT2D eigenvalue weighted by molar-refractivity contribution is 0.410. The molecule has 0 unspecified atom stereocenters. The highest BCUT2D eigenvalue weighted by Crippen LogP contribution is 2.17. The van der Waals surface area contributed by atoms with Gasteiger partial charge in [0.05, 0.1) is 6.54 Å². The predicted molar refractivity (Wildman–Crippen MR) is 130 cm³/mol. The molecule has 4 aromatic rings. The average Bonchev–Trinajstić information content (AvgIpc) is 2.75. The molecule has 0 atom stereocenters. The Balaban J connectivity index is 1.65. The number of benzene rings is 2. The van der Waals surface area contributed by atoms with Gasteiger partial charge in [0.15, 0.2) is 5.11 Å². The number of hydrogen-bond donors (Lipinski definition) is 2. The average molecular weight is 429 g/mol. The molecule has 2 N–H and O–H groups in total. The molecule has 0 amide bonds. The van der Waals surface area contributed by atoms with Gasteiger partial charge in [0.25, 0.3) is 5.56 Å². The highest BCUT2D eigenvalue weighted by molar-refractivity contribution is 7.80. The summed E-state index contributed by atoms with van der Waals surface area (Å²) in [6, 6.07) is 19.9. The van der Waals surface area contributed by atoms with Crippen molar-refractivity contribution in [3.8, 4) is 0 Å². The molecule has 2 heterocycles. The summed E-state index contributed by atoms with van der Waals surface area (Å²) in [5.74, 6) is 0. The Morgan fingerprint density at radius 3 is 2.65 bits per heavy atom. The van der Waals surface area contributed by atoms with Crippen molar-refractivity contribution >= 4 is 33.9 Å². The van der Waals surface area contributed by atoms with Gasteiger partial charge in [0, 0.05) is 35.7 Å². The number of fused-ring (bicyclic) bond motifs is 1. The molecule has 4 rings (SSSR count). The third-order valence-electron chi connectivity index (χ3n) is 5.09. The monoisotopic (exact) mass is 428 g/mol. The Morgan fingerprint density at radius 2 is 1.87 bits per heavy atom. The van der Waals surface area contributed by atoms with Crippen LogP contribution in [0.5, 0.6) is 0 Å². The van der Waals surface area contributed by atoms with Crippen LogP contribution < -0.4 is 10.9 Å². The standard InChI is InChI=1S/C25H24N4OS/c1-17-5-3-7-22(12-17)27-25(31)29(15-19-6-4-10-26-14-19)16-21-13-20-11-18(2)8-9-23(20)28-24(21)30/h3-14H,15-16H2,1-2H3,(H,27,31)(H,28,30). The van der Waals surface area contributed by atoms with E-state index in [1.54, 1.807) is 6.20 Å². The third-order valence-corrected chi connectivity index (χ3v) is 5.45. The van der Waals surface area contributed by atoms with Gasteiger partial charge >= 0.3 is 0 Å². The minimum Gasteiger partial charge on any atom is -0.340 e. The summed E-state index contributed by atoms with van der Waals surface area (Å²) in [5, 5.41) is 4.88. The van der Waals surface area contributed by atoms with Gasteiger partial charge in [0.1, 0.15) is 0 Å². The van der Waals surface area contributed by atoms with Crippen LogP contribution in [0, 0.1) is 13.8 Å². The van der Waals surface area contributed by atoms with Gasteiger partial charge in [0.2, 0.25) is 0 Å². The normalized spacial score (nSPS) is 10.8. The molecule has 0 saturated carbocycles. The maximum atomic E-state index is 12.8. The molecule has 2 aromatic heterocycles. The quantitative estimate of drug-likeness (QED) is 0.441. The second-order valence-electron chi connectivity index (χ2n) is 7.73. The van der Waals surface area contributed by atoms with Crippen molar-refractivity contribution in [3.63, 3.8) is 0 Å². The summed E-state index contributed by atoms with van der Waals surface area (Å²) in [6.07, 6.45) is 3.56. The van der Waals surface area contributed by atoms with Crippen LogP contribution in [0.3, 0.4) is 0 Å². The van der Waals surface area contributed by atoms with E-state index in [-0.39, 0.29) is 5.56 Å². The largest absolute Gasteiger partial charge is 0.340 e. The fraction of sp³-hybridized carbons (Fsp3) is 0.160. The molecule has 156 valence electrons. The number of H-pyrrole nitrogens is 1. The van der Waals surface area contributed by atoms with Crippen LogP contribution in [0.25, 0.3) is 10.9 Å². The number of thiocarbonyl (C=S) groups is 1. The van der Waals surface area contributed by atoms with Crippen molar-refractivity contribution in [1.29, 1.82) is 0 Å². The lowest BCUT2D eigenvalue weighted by atomic mass is 10.1. The molecule has 0 fully saturated rings. The topological polar surface area (TPSA) is 61.0 Å². The number of aromatic amines is 1. The number of nitrogens with zero attached hydrogens (tertiary/aromatic N) is 2. The Kier molecular flexibility index (Phi) is 6.09. The van der Waals surface area contributed by atoms with Gasteiger partial charge < -0.3 is 15.2 Å². The number of aromatic nitrogens is 2. The maximum absolute atomic E-state index is 12.8. The van der Waals surface area contributed by atoms with Gasteiger partial charge in [-0.05, 0) is 79.0 Å². The maximum Gasteiger partial charge on any atom is 0.253 e. The molecule has 0 aliphatic carbocycles. The van der Waals surface area contributed by atoms with Gasteiger partial charge in [-0.2, -0.15) is 0 Å². The van der Waals surface area contributed by atoms with Crippen molar-refractivity contribution in [2.45, 2.75) is 26.9 Å². The fourth-order valence-corrected chi connectivity index (χ4v) is 3.78. The molecule has 0 bridgehead atoms. The summed E-state index contributed by atoms with van der Waals surface area (Å²) < 4.78 is 0. The van der Waals surface area contributed by atoms with Gasteiger partial charge in [-0.1, -0.05) is 29.8 Å². The van der Waals surface area contributed by atoms with E-state index in [9.17, 15) is 4.79 Å². The van der Waals surface area contributed by atoms with E-state index in [2.05, 4.69) is 21.4 Å². The van der Waals surface area contributed by atoms with Crippen molar-refractivity contribution < 1.29 is 0 Å². The summed E-state index contributed by atoms with van der Waals surface area (Å²) >= 11 is 5.74. The first kappa shape index (κ1) is 20.8. The highest BCUT2D eigenvalue weighted by atomic mass is 32.1. The van der Waals surface area contributed by atoms with Crippen molar-refractivity contribution in [1.82, 2.24) is 14.9 Å². The Labute approximate surface area is 186 Å². The third kappa shape index (κ3) is 5.16. The summed E-state index contributed by atoms with van der Waals surface area (Å²) in [4.78, 5) is 22.0. The van der Waals surface area contributed by atoms with E-state index in [0.717, 1.165) is 33.3 Å². The number of nitrogens with one attached hydrogen (secondary N) is 2. The van der Waals surface area contributed by atoms with Crippen molar-refractivity contribution in [3.05, 3.63) is 106 Å². The second kappa shape index (κ2) is 9.10. The van der Waals surface area contributed by atoms with Crippen LogP contribution in [-0.2, 0) is 13.1 Å². The minimum absolute atomic E-state index is 0.106. The second-order valence-corrected chi connectivity index (χ2v) is 8.12. The zero-order chi connectivity index (χ0) is 21.8. The van der Waals surface area contributed by atoms with Crippen LogP contribution in [-0.4, -0.2) is 20.0 Å². The first-order chi connectivity index (χ1) is 15.0. The van der Waals surface area contributed by atoms with E-state index < -0.39 is 0 Å². The molecular weight excluding hydrogens is 404 g/mol. The number of rotatable bonds is 5. The van der Waals surface area contributed by atoms with E-state index in [1.807, 2.05) is 79.5 Å². The Morgan fingerprint density at radius 1 is 1.03 bits per heavy atom. The Bertz CT molecular complexity index is 1280. The van der Waals surface area contributed by atoms with E-state index in [0.29, 0.717) is 23.8 Å². The number of anilines is 1. The first-order valence-corrected chi connectivity index (χ1v) is 10.5. The van der Waals surface area contributed by atoms with Crippen LogP contribution in [0.2, 0.25) is 0 Å². The molecule has 0 saturated heterocycles. The first-order valence-electron chi connectivity index (χ1n) is 10.1. The number of hydrogen-bond acceptors (Lipinski definition) is 3. The lowest BCUT2D eigenvalue weighted by Crippen LogP contribution is -2.35. The highest BCUT2D eigenvalue weighted by Gasteiger charge is 2.15. The van der Waals surface area contributed by atoms with E-state index in [4.69, 9.17) is 12.2 Å². The molecule has 0 spiro atoms. The minimum atomic E-state index is -0.106. The van der Waals surface area contributed by atoms with Crippen LogP contribution in [0.4, 0.5) is 5.69 Å². The van der Waals surface area contributed by atoms with E-state index in [1.165, 1.54) is 0 Å². The Hall–Kier alpha value is -3.51. The van der Waals surface area contributed by atoms with Crippen molar-refractivity contribution in [2.24, 2.45) is 0 Å². The molecular formula is C25H24N4OS. The van der Waals surface area contributed by atoms with Crippen LogP contribution in [0.15, 0.2) is 77.9 Å². The summed E-state index contributed by atoms with van der Waals surface area (Å²) in [7, 11) is 0. The van der Waals surface area contributed by atoms with Crippen molar-refractivity contribution in [2.75, 3.05) is 5.32 Å². The lowest BCUT2D eigenvalue weighted by Gasteiger charge is -2.26. The fourth-order valence-electron chi connectivity index (χ4n) is 3.53. The number of aryl methyl sites for hydroxylation is 2. The molecule has 2 aromatic carbocycles. The molecule has 31 heavy (non-hydrogen) atoms. The van der Waals surface area contributed by atoms with Crippen LogP contribution >= 0.6 is 12.2 Å². The summed E-state index contributed by atoms with van der Waals surface area (Å²) in [5.41, 5.74) is 5.62. The zero-order valence-corrected chi connectivity index (χ0v) is 18.4. The molecule has 6 heteroatoms. The van der Waals surface area contributed by atoms with Gasteiger partial charge in [-0.15, -0.1) is 0 Å². The summed E-state index contributed by atoms with van der Waals surface area (Å²) in [6.45, 7) is 5.00. The zero-order valence-electron chi connectivity index (χ0n) is 17.6. The smallest absolute Gasteiger partial charge is 0.253 e. The van der Waals surface area contributed by atoms with Gasteiger partial charge in [-0.3, -0.25) is 9.78 Å².